The highest BCUT2D eigenvalue weighted by Gasteiger charge is 2.53. The number of imidazole rings is 1. The molecule has 1 saturated carbocycles. The van der Waals surface area contributed by atoms with Crippen LogP contribution in [0.5, 0.6) is 0 Å². The van der Waals surface area contributed by atoms with Gasteiger partial charge in [0.15, 0.2) is 5.69 Å². The Morgan fingerprint density at radius 3 is 2.57 bits per heavy atom. The Labute approximate surface area is 206 Å². The summed E-state index contributed by atoms with van der Waals surface area (Å²) in [4.78, 5) is 45.9. The Hall–Kier alpha value is -3.20. The number of anilines is 1. The van der Waals surface area contributed by atoms with Gasteiger partial charge in [0.2, 0.25) is 5.91 Å². The molecule has 1 fully saturated rings. The van der Waals surface area contributed by atoms with Crippen LogP contribution >= 0.6 is 0 Å². The van der Waals surface area contributed by atoms with Crippen molar-refractivity contribution in [2.24, 2.45) is 0 Å². The van der Waals surface area contributed by atoms with Crippen molar-refractivity contribution in [3.8, 4) is 0 Å². The van der Waals surface area contributed by atoms with Crippen molar-refractivity contribution in [2.75, 3.05) is 18.5 Å². The summed E-state index contributed by atoms with van der Waals surface area (Å²) in [6.07, 6.45) is 4.91. The zero-order valence-electron chi connectivity index (χ0n) is 21.0. The molecule has 2 N–H and O–H groups in total. The first-order chi connectivity index (χ1) is 16.7. The average molecular weight is 482 g/mol. The van der Waals surface area contributed by atoms with Crippen LogP contribution in [0.4, 0.5) is 5.69 Å². The van der Waals surface area contributed by atoms with Crippen molar-refractivity contribution in [1.82, 2.24) is 19.8 Å². The molecule has 2 heterocycles. The number of fused-ring (bicyclic) bond motifs is 1. The van der Waals surface area contributed by atoms with Crippen LogP contribution in [0.15, 0.2) is 30.6 Å². The van der Waals surface area contributed by atoms with Crippen molar-refractivity contribution >= 4 is 23.4 Å². The highest BCUT2D eigenvalue weighted by molar-refractivity contribution is 6.11. The van der Waals surface area contributed by atoms with Crippen molar-refractivity contribution in [3.63, 3.8) is 0 Å². The molecule has 9 heteroatoms. The summed E-state index contributed by atoms with van der Waals surface area (Å²) >= 11 is 0. The maximum Gasteiger partial charge on any atom is 0.276 e. The third kappa shape index (κ3) is 5.24. The van der Waals surface area contributed by atoms with E-state index < -0.39 is 11.4 Å². The van der Waals surface area contributed by atoms with Crippen molar-refractivity contribution < 1.29 is 19.1 Å². The number of carbonyl (C=O) groups excluding carboxylic acids is 3. The van der Waals surface area contributed by atoms with Gasteiger partial charge in [0.05, 0.1) is 19.0 Å². The predicted molar refractivity (Wildman–Crippen MR) is 132 cm³/mol. The molecule has 0 spiro atoms. The number of nitrogens with zero attached hydrogens (tertiary/aromatic N) is 3. The molecule has 4 rings (SSSR count). The van der Waals surface area contributed by atoms with E-state index in [9.17, 15) is 14.4 Å². The Kier molecular flexibility index (Phi) is 7.25. The molecule has 188 valence electrons. The molecule has 0 radical (unpaired) electrons. The second-order valence-corrected chi connectivity index (χ2v) is 9.78. The van der Waals surface area contributed by atoms with Gasteiger partial charge in [0, 0.05) is 24.9 Å². The molecular weight excluding hydrogens is 446 g/mol. The third-order valence-corrected chi connectivity index (χ3v) is 6.56. The molecule has 1 unspecified atom stereocenters. The fourth-order valence-electron chi connectivity index (χ4n) is 4.52. The van der Waals surface area contributed by atoms with Gasteiger partial charge < -0.3 is 24.8 Å². The van der Waals surface area contributed by atoms with Gasteiger partial charge in [-0.25, -0.2) is 4.98 Å². The van der Waals surface area contributed by atoms with E-state index in [1.165, 1.54) is 11.9 Å². The predicted octanol–water partition coefficient (Wildman–Crippen LogP) is 3.01. The maximum atomic E-state index is 13.7. The van der Waals surface area contributed by atoms with E-state index in [2.05, 4.69) is 22.5 Å². The largest absolute Gasteiger partial charge is 0.379 e. The van der Waals surface area contributed by atoms with Crippen LogP contribution in [0.3, 0.4) is 0 Å². The van der Waals surface area contributed by atoms with Crippen LogP contribution in [-0.4, -0.2) is 63.0 Å². The fourth-order valence-corrected chi connectivity index (χ4v) is 4.52. The highest BCUT2D eigenvalue weighted by Crippen LogP contribution is 2.38. The van der Waals surface area contributed by atoms with Gasteiger partial charge in [0.1, 0.15) is 11.2 Å². The standard InChI is InChI=1S/C26H35N5O4/c1-5-18-7-9-19(10-8-18)29-23(32)21-22-24(33)31(20-11-12-20)26(4,15-30(22)16-28-21)25(34)27-13-6-14-35-17(2)3/h7-10,16-17,20H,5-6,11-15H2,1-4H3,(H,27,34)(H,29,32). The van der Waals surface area contributed by atoms with Gasteiger partial charge in [-0.1, -0.05) is 19.1 Å². The lowest BCUT2D eigenvalue weighted by atomic mass is 9.94. The van der Waals surface area contributed by atoms with E-state index in [0.717, 1.165) is 19.3 Å². The van der Waals surface area contributed by atoms with E-state index in [0.29, 0.717) is 25.3 Å². The van der Waals surface area contributed by atoms with E-state index in [4.69, 9.17) is 4.74 Å². The van der Waals surface area contributed by atoms with Crippen LogP contribution < -0.4 is 10.6 Å². The molecule has 0 bridgehead atoms. The van der Waals surface area contributed by atoms with Crippen LogP contribution in [0.25, 0.3) is 0 Å². The summed E-state index contributed by atoms with van der Waals surface area (Å²) in [5.41, 5.74) is 1.06. The number of benzene rings is 1. The molecule has 9 nitrogen and oxygen atoms in total. The molecule has 1 aromatic heterocycles. The SMILES string of the molecule is CCc1ccc(NC(=O)c2ncn3c2C(=O)N(C2CC2)C(C)(C(=O)NCCCOC(C)C)C3)cc1. The van der Waals surface area contributed by atoms with E-state index in [-0.39, 0.29) is 41.9 Å². The number of hydrogen-bond acceptors (Lipinski definition) is 5. The van der Waals surface area contributed by atoms with Gasteiger partial charge in [-0.2, -0.15) is 0 Å². The van der Waals surface area contributed by atoms with E-state index >= 15 is 0 Å². The second-order valence-electron chi connectivity index (χ2n) is 9.78. The topological polar surface area (TPSA) is 106 Å². The smallest absolute Gasteiger partial charge is 0.276 e. The lowest BCUT2D eigenvalue weighted by molar-refractivity contribution is -0.133. The van der Waals surface area contributed by atoms with Gasteiger partial charge in [-0.3, -0.25) is 14.4 Å². The quantitative estimate of drug-likeness (QED) is 0.508. The summed E-state index contributed by atoms with van der Waals surface area (Å²) in [6, 6.07) is 7.58. The van der Waals surface area contributed by atoms with E-state index in [1.807, 2.05) is 38.1 Å². The van der Waals surface area contributed by atoms with Crippen LogP contribution in [0.1, 0.15) is 73.5 Å². The summed E-state index contributed by atoms with van der Waals surface area (Å²) in [5, 5.41) is 5.82. The zero-order chi connectivity index (χ0) is 25.2. The molecule has 2 aliphatic rings. The summed E-state index contributed by atoms with van der Waals surface area (Å²) in [7, 11) is 0. The highest BCUT2D eigenvalue weighted by atomic mass is 16.5. The number of hydrogen-bond donors (Lipinski definition) is 2. The third-order valence-electron chi connectivity index (χ3n) is 6.56. The van der Waals surface area contributed by atoms with Crippen LogP contribution in [0, 0.1) is 0 Å². The van der Waals surface area contributed by atoms with Crippen molar-refractivity contribution in [1.29, 1.82) is 0 Å². The number of ether oxygens (including phenoxy) is 1. The average Bonchev–Trinajstić information content (AvgIpc) is 3.56. The first-order valence-corrected chi connectivity index (χ1v) is 12.4. The number of aromatic nitrogens is 2. The van der Waals surface area contributed by atoms with E-state index in [1.54, 1.807) is 16.4 Å². The minimum atomic E-state index is -1.06. The van der Waals surface area contributed by atoms with Gasteiger partial charge >= 0.3 is 0 Å². The van der Waals surface area contributed by atoms with Crippen molar-refractivity contribution in [3.05, 3.63) is 47.5 Å². The number of carbonyl (C=O) groups is 3. The Morgan fingerprint density at radius 1 is 1.23 bits per heavy atom. The first kappa shape index (κ1) is 24.9. The fraction of sp³-hybridized carbons (Fsp3) is 0.538. The lowest BCUT2D eigenvalue weighted by Crippen LogP contribution is -2.64. The monoisotopic (exact) mass is 481 g/mol. The summed E-state index contributed by atoms with van der Waals surface area (Å²) < 4.78 is 7.18. The summed E-state index contributed by atoms with van der Waals surface area (Å²) in [6.45, 7) is 9.07. The molecule has 2 aromatic rings. The number of amides is 3. The second kappa shape index (κ2) is 10.2. The molecule has 35 heavy (non-hydrogen) atoms. The summed E-state index contributed by atoms with van der Waals surface area (Å²) in [5.74, 6) is -0.975. The van der Waals surface area contributed by atoms with Crippen LogP contribution in [0.2, 0.25) is 0 Å². The minimum absolute atomic E-state index is 0.0105. The zero-order valence-corrected chi connectivity index (χ0v) is 21.0. The Bertz CT molecular complexity index is 1090. The Balaban J connectivity index is 1.51. The minimum Gasteiger partial charge on any atom is -0.379 e. The normalized spacial score (nSPS) is 19.6. The van der Waals surface area contributed by atoms with Gasteiger partial charge in [-0.15, -0.1) is 0 Å². The molecule has 1 aromatic carbocycles. The van der Waals surface area contributed by atoms with Gasteiger partial charge in [0.25, 0.3) is 11.8 Å². The number of rotatable bonds is 10. The molecule has 0 saturated heterocycles. The van der Waals surface area contributed by atoms with Gasteiger partial charge in [-0.05, 0) is 64.2 Å². The van der Waals surface area contributed by atoms with Crippen LogP contribution in [-0.2, 0) is 22.5 Å². The molecule has 3 amide bonds. The lowest BCUT2D eigenvalue weighted by Gasteiger charge is -2.44. The molecule has 1 aliphatic heterocycles. The number of nitrogens with one attached hydrogen (secondary N) is 2. The molecular formula is C26H35N5O4. The van der Waals surface area contributed by atoms with Crippen molar-refractivity contribution in [2.45, 2.75) is 77.6 Å². The number of aryl methyl sites for hydroxylation is 1. The Morgan fingerprint density at radius 2 is 1.94 bits per heavy atom. The molecule has 1 atom stereocenters. The maximum absolute atomic E-state index is 13.7. The first-order valence-electron chi connectivity index (χ1n) is 12.4. The molecule has 1 aliphatic carbocycles.